The van der Waals surface area contributed by atoms with Gasteiger partial charge in [0.1, 0.15) is 6.26 Å². The third-order valence-electron chi connectivity index (χ3n) is 3.34. The highest BCUT2D eigenvalue weighted by Crippen LogP contribution is 2.27. The summed E-state index contributed by atoms with van der Waals surface area (Å²) in [6, 6.07) is 0.786. The Bertz CT molecular complexity index is 335. The monoisotopic (exact) mass is 223 g/mol. The van der Waals surface area contributed by atoms with Gasteiger partial charge in [-0.05, 0) is 25.3 Å². The van der Waals surface area contributed by atoms with Crippen LogP contribution >= 0.6 is 0 Å². The zero-order valence-corrected chi connectivity index (χ0v) is 10.4. The normalized spacial score (nSPS) is 21.0. The summed E-state index contributed by atoms with van der Waals surface area (Å²) in [5, 5.41) is 3.07. The quantitative estimate of drug-likeness (QED) is 0.846. The number of aromatic nitrogens is 1. The summed E-state index contributed by atoms with van der Waals surface area (Å²) in [6.45, 7) is 7.50. The minimum absolute atomic E-state index is 0.747. The topological polar surface area (TPSA) is 41.3 Å². The highest BCUT2D eigenvalue weighted by molar-refractivity contribution is 5.29. The maximum atomic E-state index is 5.50. The lowest BCUT2D eigenvalue weighted by molar-refractivity contribution is 0.420. The van der Waals surface area contributed by atoms with Gasteiger partial charge in [-0.3, -0.25) is 0 Å². The second-order valence-corrected chi connectivity index (χ2v) is 4.89. The molecular formula is C12H21N3O. The van der Waals surface area contributed by atoms with E-state index < -0.39 is 0 Å². The van der Waals surface area contributed by atoms with Gasteiger partial charge in [-0.1, -0.05) is 13.8 Å². The molecule has 1 aromatic rings. The smallest absolute Gasteiger partial charge is 0.297 e. The third-order valence-corrected chi connectivity index (χ3v) is 3.34. The lowest BCUT2D eigenvalue weighted by atomic mass is 9.95. The van der Waals surface area contributed by atoms with Crippen LogP contribution in [-0.2, 0) is 6.54 Å². The standard InChI is InChI=1S/C12H21N3O/c1-9(2)10-4-5-15(7-10)12-14-11(6-13-3)8-16-12/h8-10,13H,4-7H2,1-3H3. The fourth-order valence-electron chi connectivity index (χ4n) is 2.21. The van der Waals surface area contributed by atoms with Crippen LogP contribution in [0.25, 0.3) is 0 Å². The third kappa shape index (κ3) is 2.38. The molecule has 1 N–H and O–H groups in total. The second-order valence-electron chi connectivity index (χ2n) is 4.89. The van der Waals surface area contributed by atoms with Crippen molar-refractivity contribution < 1.29 is 4.42 Å². The molecule has 2 rings (SSSR count). The van der Waals surface area contributed by atoms with E-state index in [9.17, 15) is 0 Å². The molecule has 1 aromatic heterocycles. The molecule has 4 heteroatoms. The van der Waals surface area contributed by atoms with Gasteiger partial charge in [0.05, 0.1) is 5.69 Å². The number of nitrogens with zero attached hydrogens (tertiary/aromatic N) is 2. The molecule has 0 aromatic carbocycles. The fraction of sp³-hybridized carbons (Fsp3) is 0.750. The Labute approximate surface area is 97.0 Å². The molecule has 90 valence electrons. The molecule has 0 spiro atoms. The van der Waals surface area contributed by atoms with Crippen molar-refractivity contribution in [1.29, 1.82) is 0 Å². The molecule has 1 aliphatic rings. The summed E-state index contributed by atoms with van der Waals surface area (Å²) >= 11 is 0. The van der Waals surface area contributed by atoms with Crippen LogP contribution in [0.1, 0.15) is 26.0 Å². The van der Waals surface area contributed by atoms with Crippen LogP contribution in [0.15, 0.2) is 10.7 Å². The first-order chi connectivity index (χ1) is 7.70. The molecule has 1 atom stereocenters. The van der Waals surface area contributed by atoms with E-state index in [0.29, 0.717) is 0 Å². The Morgan fingerprint density at radius 2 is 2.44 bits per heavy atom. The molecule has 2 heterocycles. The van der Waals surface area contributed by atoms with Gasteiger partial charge in [0.15, 0.2) is 0 Å². The predicted octanol–water partition coefficient (Wildman–Crippen LogP) is 1.88. The van der Waals surface area contributed by atoms with Gasteiger partial charge in [-0.25, -0.2) is 0 Å². The number of nitrogens with one attached hydrogen (secondary N) is 1. The first-order valence-corrected chi connectivity index (χ1v) is 6.04. The fourth-order valence-corrected chi connectivity index (χ4v) is 2.21. The van der Waals surface area contributed by atoms with Crippen LogP contribution in [-0.4, -0.2) is 25.1 Å². The van der Waals surface area contributed by atoms with Crippen LogP contribution in [0.5, 0.6) is 0 Å². The first-order valence-electron chi connectivity index (χ1n) is 6.04. The average molecular weight is 223 g/mol. The second kappa shape index (κ2) is 4.87. The molecule has 4 nitrogen and oxygen atoms in total. The summed E-state index contributed by atoms with van der Waals surface area (Å²) in [5.41, 5.74) is 0.977. The molecule has 0 radical (unpaired) electrons. The van der Waals surface area contributed by atoms with Crippen LogP contribution < -0.4 is 10.2 Å². The molecule has 0 amide bonds. The molecule has 1 aliphatic heterocycles. The van der Waals surface area contributed by atoms with Gasteiger partial charge < -0.3 is 14.6 Å². The van der Waals surface area contributed by atoms with Gasteiger partial charge in [-0.2, -0.15) is 4.98 Å². The van der Waals surface area contributed by atoms with E-state index >= 15 is 0 Å². The minimum Gasteiger partial charge on any atom is -0.432 e. The van der Waals surface area contributed by atoms with Crippen molar-refractivity contribution in [1.82, 2.24) is 10.3 Å². The van der Waals surface area contributed by atoms with Gasteiger partial charge >= 0.3 is 0 Å². The Morgan fingerprint density at radius 1 is 1.62 bits per heavy atom. The molecular weight excluding hydrogens is 202 g/mol. The SMILES string of the molecule is CNCc1coc(N2CCC(C(C)C)C2)n1. The molecule has 1 unspecified atom stereocenters. The number of anilines is 1. The predicted molar refractivity (Wildman–Crippen MR) is 64.4 cm³/mol. The van der Waals surface area contributed by atoms with Gasteiger partial charge in [0, 0.05) is 19.6 Å². The zero-order chi connectivity index (χ0) is 11.5. The number of rotatable bonds is 4. The Hall–Kier alpha value is -1.03. The van der Waals surface area contributed by atoms with E-state index in [0.717, 1.165) is 43.2 Å². The minimum atomic E-state index is 0.747. The van der Waals surface area contributed by atoms with Crippen molar-refractivity contribution >= 4 is 6.01 Å². The van der Waals surface area contributed by atoms with Crippen molar-refractivity contribution in [2.75, 3.05) is 25.0 Å². The Morgan fingerprint density at radius 3 is 3.06 bits per heavy atom. The zero-order valence-electron chi connectivity index (χ0n) is 10.4. The lowest BCUT2D eigenvalue weighted by Crippen LogP contribution is -2.21. The average Bonchev–Trinajstić information content (AvgIpc) is 2.84. The molecule has 1 saturated heterocycles. The van der Waals surface area contributed by atoms with Crippen molar-refractivity contribution in [3.05, 3.63) is 12.0 Å². The summed E-state index contributed by atoms with van der Waals surface area (Å²) in [7, 11) is 1.92. The lowest BCUT2D eigenvalue weighted by Gasteiger charge is -2.15. The molecule has 0 bridgehead atoms. The van der Waals surface area contributed by atoms with Crippen molar-refractivity contribution in [3.8, 4) is 0 Å². The van der Waals surface area contributed by atoms with E-state index in [4.69, 9.17) is 4.42 Å². The van der Waals surface area contributed by atoms with E-state index in [1.54, 1.807) is 6.26 Å². The maximum Gasteiger partial charge on any atom is 0.297 e. The number of hydrogen-bond acceptors (Lipinski definition) is 4. The van der Waals surface area contributed by atoms with Crippen LogP contribution in [0.4, 0.5) is 6.01 Å². The number of hydrogen-bond donors (Lipinski definition) is 1. The first kappa shape index (κ1) is 11.5. The van der Waals surface area contributed by atoms with Crippen molar-refractivity contribution in [2.45, 2.75) is 26.8 Å². The van der Waals surface area contributed by atoms with Crippen molar-refractivity contribution in [2.24, 2.45) is 11.8 Å². The molecule has 16 heavy (non-hydrogen) atoms. The number of oxazole rings is 1. The largest absolute Gasteiger partial charge is 0.432 e. The van der Waals surface area contributed by atoms with E-state index in [1.165, 1.54) is 6.42 Å². The molecule has 0 aliphatic carbocycles. The summed E-state index contributed by atoms with van der Waals surface area (Å²) in [4.78, 5) is 6.73. The van der Waals surface area contributed by atoms with Crippen LogP contribution in [0.3, 0.4) is 0 Å². The maximum absolute atomic E-state index is 5.50. The highest BCUT2D eigenvalue weighted by Gasteiger charge is 2.27. The van der Waals surface area contributed by atoms with Gasteiger partial charge in [0.25, 0.3) is 6.01 Å². The van der Waals surface area contributed by atoms with Crippen LogP contribution in [0, 0.1) is 11.8 Å². The Kier molecular flexibility index (Phi) is 3.49. The van der Waals surface area contributed by atoms with E-state index in [1.807, 2.05) is 7.05 Å². The van der Waals surface area contributed by atoms with Gasteiger partial charge in [0.2, 0.25) is 0 Å². The van der Waals surface area contributed by atoms with Gasteiger partial charge in [-0.15, -0.1) is 0 Å². The molecule has 0 saturated carbocycles. The van der Waals surface area contributed by atoms with Crippen LogP contribution in [0.2, 0.25) is 0 Å². The summed E-state index contributed by atoms with van der Waals surface area (Å²) < 4.78 is 5.50. The van der Waals surface area contributed by atoms with E-state index in [2.05, 4.69) is 29.0 Å². The van der Waals surface area contributed by atoms with E-state index in [-0.39, 0.29) is 0 Å². The molecule has 1 fully saturated rings. The highest BCUT2D eigenvalue weighted by atomic mass is 16.4. The summed E-state index contributed by atoms with van der Waals surface area (Å²) in [6.07, 6.45) is 3.00. The Balaban J connectivity index is 1.97. The van der Waals surface area contributed by atoms with Crippen molar-refractivity contribution in [3.63, 3.8) is 0 Å². The summed E-state index contributed by atoms with van der Waals surface area (Å²) in [5.74, 6) is 1.52.